The van der Waals surface area contributed by atoms with Crippen molar-refractivity contribution in [3.8, 4) is 0 Å². The van der Waals surface area contributed by atoms with Gasteiger partial charge in [0.05, 0.1) is 35.2 Å². The van der Waals surface area contributed by atoms with Crippen LogP contribution in [0.1, 0.15) is 22.7 Å². The molecule has 6 rings (SSSR count). The van der Waals surface area contributed by atoms with Crippen molar-refractivity contribution in [3.05, 3.63) is 82.2 Å². The van der Waals surface area contributed by atoms with E-state index in [-0.39, 0.29) is 6.04 Å². The first-order valence-corrected chi connectivity index (χ1v) is 11.6. The second-order valence-corrected chi connectivity index (χ2v) is 9.73. The molecule has 1 unspecified atom stereocenters. The number of anilines is 1. The van der Waals surface area contributed by atoms with E-state index in [1.807, 2.05) is 24.5 Å². The topological polar surface area (TPSA) is 75.9 Å². The van der Waals surface area contributed by atoms with E-state index in [0.717, 1.165) is 42.1 Å². The van der Waals surface area contributed by atoms with Gasteiger partial charge in [0.1, 0.15) is 5.52 Å². The summed E-state index contributed by atoms with van der Waals surface area (Å²) in [5.41, 5.74) is 6.21. The van der Waals surface area contributed by atoms with Gasteiger partial charge in [-0.1, -0.05) is 41.7 Å². The van der Waals surface area contributed by atoms with Gasteiger partial charge in [-0.05, 0) is 50.8 Å². The van der Waals surface area contributed by atoms with Crippen molar-refractivity contribution < 1.29 is 5.11 Å². The van der Waals surface area contributed by atoms with E-state index < -0.39 is 6.10 Å². The van der Waals surface area contributed by atoms with Gasteiger partial charge in [-0.2, -0.15) is 0 Å². The second-order valence-electron chi connectivity index (χ2n) is 7.78. The van der Waals surface area contributed by atoms with Crippen LogP contribution in [0.2, 0.25) is 0 Å². The van der Waals surface area contributed by atoms with Crippen molar-refractivity contribution in [2.45, 2.75) is 25.1 Å². The highest BCUT2D eigenvalue weighted by Crippen LogP contribution is 2.36. The number of pyridine rings is 1. The van der Waals surface area contributed by atoms with E-state index in [9.17, 15) is 5.11 Å². The smallest absolute Gasteiger partial charge is 0.184 e. The number of imidazole rings is 1. The molecule has 2 aromatic carbocycles. The molecule has 0 amide bonds. The number of nitrogens with one attached hydrogen (secondary N) is 1. The van der Waals surface area contributed by atoms with Gasteiger partial charge in [-0.25, -0.2) is 15.0 Å². The van der Waals surface area contributed by atoms with Crippen molar-refractivity contribution in [1.82, 2.24) is 19.5 Å². The lowest BCUT2D eigenvalue weighted by atomic mass is 10.1. The first-order valence-electron chi connectivity index (χ1n) is 10.0. The van der Waals surface area contributed by atoms with Crippen molar-refractivity contribution in [3.63, 3.8) is 0 Å². The molecule has 6 nitrogen and oxygen atoms in total. The third kappa shape index (κ3) is 3.40. The zero-order chi connectivity index (χ0) is 20.9. The van der Waals surface area contributed by atoms with Gasteiger partial charge in [0.2, 0.25) is 0 Å². The van der Waals surface area contributed by atoms with E-state index >= 15 is 0 Å². The Balaban J connectivity index is 1.27. The molecule has 8 heteroatoms. The standard InChI is InChI=1S/C23H18BrN5OS/c24-15-9-18-22(25-10-15)29(12-26-18)11-13-5-6-17-20(7-13)31-23(27-17)28-21-16-4-2-1-3-14(16)8-19(21)30/h1-7,9-10,12,19,21,30H,8,11H2,(H,27,28)/t19-,21?/m1/s1. The lowest BCUT2D eigenvalue weighted by molar-refractivity contribution is 0.166. The molecule has 0 spiro atoms. The highest BCUT2D eigenvalue weighted by atomic mass is 79.9. The van der Waals surface area contributed by atoms with Crippen molar-refractivity contribution in [1.29, 1.82) is 0 Å². The minimum atomic E-state index is -0.443. The lowest BCUT2D eigenvalue weighted by Gasteiger charge is -2.16. The highest BCUT2D eigenvalue weighted by Gasteiger charge is 2.31. The zero-order valence-electron chi connectivity index (χ0n) is 16.4. The van der Waals surface area contributed by atoms with E-state index in [0.29, 0.717) is 13.0 Å². The molecule has 0 saturated heterocycles. The summed E-state index contributed by atoms with van der Waals surface area (Å²) in [4.78, 5) is 13.7. The number of rotatable bonds is 4. The van der Waals surface area contributed by atoms with Crippen molar-refractivity contribution in [2.24, 2.45) is 0 Å². The summed E-state index contributed by atoms with van der Waals surface area (Å²) in [6.45, 7) is 0.691. The maximum absolute atomic E-state index is 10.5. The Morgan fingerprint density at radius 3 is 2.97 bits per heavy atom. The quantitative estimate of drug-likeness (QED) is 0.373. The van der Waals surface area contributed by atoms with Crippen LogP contribution in [0.25, 0.3) is 21.4 Å². The summed E-state index contributed by atoms with van der Waals surface area (Å²) >= 11 is 5.06. The Kier molecular flexibility index (Phi) is 4.52. The van der Waals surface area contributed by atoms with E-state index in [4.69, 9.17) is 4.98 Å². The molecule has 154 valence electrons. The number of hydrogen-bond donors (Lipinski definition) is 2. The van der Waals surface area contributed by atoms with Crippen molar-refractivity contribution >= 4 is 53.8 Å². The molecule has 1 aliphatic carbocycles. The van der Waals surface area contributed by atoms with Crippen molar-refractivity contribution in [2.75, 3.05) is 5.32 Å². The largest absolute Gasteiger partial charge is 0.390 e. The number of aliphatic hydroxyl groups excluding tert-OH is 1. The lowest BCUT2D eigenvalue weighted by Crippen LogP contribution is -2.20. The molecule has 0 aliphatic heterocycles. The minimum Gasteiger partial charge on any atom is -0.390 e. The Hall–Kier alpha value is -2.81. The van der Waals surface area contributed by atoms with Crippen LogP contribution in [-0.4, -0.2) is 30.7 Å². The second kappa shape index (κ2) is 7.40. The maximum Gasteiger partial charge on any atom is 0.184 e. The molecule has 2 N–H and O–H groups in total. The summed E-state index contributed by atoms with van der Waals surface area (Å²) in [5, 5.41) is 14.8. The number of fused-ring (bicyclic) bond motifs is 3. The van der Waals surface area contributed by atoms with Crippen LogP contribution in [0.4, 0.5) is 5.13 Å². The summed E-state index contributed by atoms with van der Waals surface area (Å²) in [6.07, 6.45) is 3.85. The highest BCUT2D eigenvalue weighted by molar-refractivity contribution is 9.10. The average molecular weight is 492 g/mol. The average Bonchev–Trinajstić information content (AvgIpc) is 3.43. The van der Waals surface area contributed by atoms with Gasteiger partial charge in [-0.15, -0.1) is 0 Å². The summed E-state index contributed by atoms with van der Waals surface area (Å²) in [6, 6.07) is 16.4. The summed E-state index contributed by atoms with van der Waals surface area (Å²) in [5.74, 6) is 0. The van der Waals surface area contributed by atoms with E-state index in [1.54, 1.807) is 17.5 Å². The molecule has 3 aromatic heterocycles. The van der Waals surface area contributed by atoms with Gasteiger partial charge in [0, 0.05) is 17.1 Å². The first-order chi connectivity index (χ1) is 15.1. The van der Waals surface area contributed by atoms with Crippen LogP contribution in [0.5, 0.6) is 0 Å². The predicted octanol–water partition coefficient (Wildman–Crippen LogP) is 4.92. The number of hydrogen-bond acceptors (Lipinski definition) is 6. The van der Waals surface area contributed by atoms with Crippen LogP contribution in [0.3, 0.4) is 0 Å². The SMILES string of the molecule is O[C@@H]1Cc2ccccc2C1Nc1nc2ccc(Cn3cnc4cc(Br)cnc43)cc2s1. The molecule has 31 heavy (non-hydrogen) atoms. The third-order valence-corrected chi connectivity index (χ3v) is 7.09. The molecule has 0 radical (unpaired) electrons. The first kappa shape index (κ1) is 18.9. The van der Waals surface area contributed by atoms with Gasteiger partial charge < -0.3 is 15.0 Å². The monoisotopic (exact) mass is 491 g/mol. The molecule has 0 saturated carbocycles. The third-order valence-electron chi connectivity index (χ3n) is 5.71. The molecule has 5 aromatic rings. The van der Waals surface area contributed by atoms with Crippen LogP contribution in [-0.2, 0) is 13.0 Å². The van der Waals surface area contributed by atoms with Gasteiger partial charge >= 0.3 is 0 Å². The summed E-state index contributed by atoms with van der Waals surface area (Å²) < 4.78 is 4.09. The molecule has 3 heterocycles. The van der Waals surface area contributed by atoms with E-state index in [2.05, 4.69) is 66.1 Å². The number of aromatic nitrogens is 4. The number of aliphatic hydroxyl groups is 1. The molecule has 0 fully saturated rings. The molecule has 1 aliphatic rings. The number of halogens is 1. The molecular weight excluding hydrogens is 474 g/mol. The Morgan fingerprint density at radius 1 is 1.13 bits per heavy atom. The van der Waals surface area contributed by atoms with Gasteiger partial charge in [0.25, 0.3) is 0 Å². The maximum atomic E-state index is 10.5. The molecular formula is C23H18BrN5OS. The molecule has 2 atom stereocenters. The Morgan fingerprint density at radius 2 is 2.03 bits per heavy atom. The van der Waals surface area contributed by atoms with Gasteiger partial charge in [-0.3, -0.25) is 0 Å². The molecule has 0 bridgehead atoms. The minimum absolute atomic E-state index is 0.126. The number of benzene rings is 2. The normalized spacial score (nSPS) is 18.0. The Labute approximate surface area is 190 Å². The zero-order valence-corrected chi connectivity index (χ0v) is 18.8. The van der Waals surface area contributed by atoms with Crippen LogP contribution < -0.4 is 5.32 Å². The van der Waals surface area contributed by atoms with E-state index in [1.165, 1.54) is 5.56 Å². The fourth-order valence-electron chi connectivity index (χ4n) is 4.25. The van der Waals surface area contributed by atoms with Crippen LogP contribution in [0.15, 0.2) is 65.5 Å². The number of nitrogens with zero attached hydrogens (tertiary/aromatic N) is 4. The van der Waals surface area contributed by atoms with Gasteiger partial charge in [0.15, 0.2) is 10.8 Å². The van der Waals surface area contributed by atoms with Crippen LogP contribution in [0, 0.1) is 0 Å². The predicted molar refractivity (Wildman–Crippen MR) is 126 cm³/mol. The summed E-state index contributed by atoms with van der Waals surface area (Å²) in [7, 11) is 0. The Bertz CT molecular complexity index is 1430. The fourth-order valence-corrected chi connectivity index (χ4v) is 5.53. The van der Waals surface area contributed by atoms with Crippen LogP contribution >= 0.6 is 27.3 Å². The number of thiazole rings is 1. The fraction of sp³-hybridized carbons (Fsp3) is 0.174.